The maximum Gasteiger partial charge on any atom is 0.402 e. The average Bonchev–Trinajstić information content (AvgIpc) is 2.36. The molecule has 116 valence electrons. The molecule has 0 spiro atoms. The molecular weight excluding hydrogens is 333 g/mol. The van der Waals surface area contributed by atoms with Gasteiger partial charge in [-0.25, -0.2) is 8.42 Å². The zero-order valence-electron chi connectivity index (χ0n) is 10.4. The molecule has 0 amide bonds. The van der Waals surface area contributed by atoms with Crippen LogP contribution >= 0.6 is 11.6 Å². The number of hydrogen-bond donors (Lipinski definition) is 1. The van der Waals surface area contributed by atoms with Gasteiger partial charge in [-0.15, -0.1) is 0 Å². The highest BCUT2D eigenvalue weighted by atomic mass is 35.5. The Morgan fingerprint density at radius 1 is 1.38 bits per heavy atom. The lowest BCUT2D eigenvalue weighted by Crippen LogP contribution is -2.40. The van der Waals surface area contributed by atoms with Crippen molar-refractivity contribution >= 4 is 21.6 Å². The zero-order valence-corrected chi connectivity index (χ0v) is 12.0. The molecule has 21 heavy (non-hydrogen) atoms. The third-order valence-electron chi connectivity index (χ3n) is 2.39. The molecule has 10 heteroatoms. The van der Waals surface area contributed by atoms with Crippen LogP contribution in [0, 0.1) is 11.3 Å². The summed E-state index contributed by atoms with van der Waals surface area (Å²) in [4.78, 5) is -0.629. The first-order valence-electron chi connectivity index (χ1n) is 5.49. The minimum atomic E-state index is -4.78. The number of halogens is 4. The number of nitrogens with zero attached hydrogens (tertiary/aromatic N) is 2. The minimum Gasteiger partial charge on any atom is -0.395 e. The second-order valence-electron chi connectivity index (χ2n) is 3.93. The molecule has 1 rings (SSSR count). The summed E-state index contributed by atoms with van der Waals surface area (Å²) in [6.07, 6.45) is -4.78. The maximum absolute atomic E-state index is 12.5. The van der Waals surface area contributed by atoms with Gasteiger partial charge in [0.05, 0.1) is 12.2 Å². The van der Waals surface area contributed by atoms with Crippen molar-refractivity contribution in [3.8, 4) is 6.07 Å². The number of alkyl halides is 3. The first-order valence-corrected chi connectivity index (χ1v) is 7.31. The summed E-state index contributed by atoms with van der Waals surface area (Å²) in [5.41, 5.74) is -0.329. The summed E-state index contributed by atoms with van der Waals surface area (Å²) in [6.45, 7) is -3.32. The number of benzene rings is 1. The van der Waals surface area contributed by atoms with Crippen LogP contribution < -0.4 is 0 Å². The van der Waals surface area contributed by atoms with Gasteiger partial charge in [0.15, 0.2) is 0 Å². The molecule has 5 nitrogen and oxygen atoms in total. The number of aliphatic hydroxyl groups excluding tert-OH is 1. The summed E-state index contributed by atoms with van der Waals surface area (Å²) in [6, 6.07) is 4.83. The van der Waals surface area contributed by atoms with E-state index >= 15 is 0 Å². The van der Waals surface area contributed by atoms with E-state index in [0.29, 0.717) is 0 Å². The van der Waals surface area contributed by atoms with Gasteiger partial charge in [-0.3, -0.25) is 0 Å². The van der Waals surface area contributed by atoms with Crippen molar-refractivity contribution in [3.63, 3.8) is 0 Å². The van der Waals surface area contributed by atoms with Gasteiger partial charge in [-0.05, 0) is 18.2 Å². The second kappa shape index (κ2) is 6.62. The third-order valence-corrected chi connectivity index (χ3v) is 4.51. The van der Waals surface area contributed by atoms with Crippen molar-refractivity contribution < 1.29 is 26.7 Å². The van der Waals surface area contributed by atoms with E-state index in [9.17, 15) is 21.6 Å². The van der Waals surface area contributed by atoms with E-state index in [1.54, 1.807) is 6.07 Å². The van der Waals surface area contributed by atoms with Gasteiger partial charge < -0.3 is 5.11 Å². The lowest BCUT2D eigenvalue weighted by molar-refractivity contribution is -0.136. The molecule has 0 aromatic heterocycles. The first kappa shape index (κ1) is 17.7. The predicted molar refractivity (Wildman–Crippen MR) is 68.1 cm³/mol. The molecule has 0 unspecified atom stereocenters. The highest BCUT2D eigenvalue weighted by Gasteiger charge is 2.37. The Bertz CT molecular complexity index is 656. The predicted octanol–water partition coefficient (Wildman–Crippen LogP) is 1.76. The summed E-state index contributed by atoms with van der Waals surface area (Å²) >= 11 is 5.63. The molecule has 0 aliphatic heterocycles. The van der Waals surface area contributed by atoms with Gasteiger partial charge in [-0.2, -0.15) is 22.7 Å². The number of rotatable bonds is 5. The monoisotopic (exact) mass is 342 g/mol. The zero-order chi connectivity index (χ0) is 16.3. The summed E-state index contributed by atoms with van der Waals surface area (Å²) < 4.78 is 61.9. The number of sulfonamides is 1. The molecular formula is C11H10ClF3N2O3S. The molecule has 1 aromatic carbocycles. The molecule has 0 atom stereocenters. The molecule has 0 radical (unpaired) electrons. The highest BCUT2D eigenvalue weighted by Crippen LogP contribution is 2.26. The minimum absolute atomic E-state index is 0.0384. The summed E-state index contributed by atoms with van der Waals surface area (Å²) in [7, 11) is -4.62. The van der Waals surface area contributed by atoms with Gasteiger partial charge in [0.25, 0.3) is 0 Å². The van der Waals surface area contributed by atoms with Crippen LogP contribution in [0.4, 0.5) is 13.2 Å². The fourth-order valence-corrected chi connectivity index (χ4v) is 3.36. The van der Waals surface area contributed by atoms with Crippen molar-refractivity contribution in [2.24, 2.45) is 0 Å². The van der Waals surface area contributed by atoms with Crippen LogP contribution in [0.1, 0.15) is 5.56 Å². The molecule has 0 saturated heterocycles. The quantitative estimate of drug-likeness (QED) is 0.884. The summed E-state index contributed by atoms with van der Waals surface area (Å²) in [5, 5.41) is 17.6. The molecule has 1 aromatic rings. The van der Waals surface area contributed by atoms with Crippen LogP contribution in [0.25, 0.3) is 0 Å². The van der Waals surface area contributed by atoms with E-state index < -0.39 is 40.8 Å². The normalized spacial score (nSPS) is 12.4. The molecule has 0 aliphatic rings. The van der Waals surface area contributed by atoms with Gasteiger partial charge >= 0.3 is 6.18 Å². The fourth-order valence-electron chi connectivity index (χ4n) is 1.54. The third kappa shape index (κ3) is 4.57. The number of aliphatic hydroxyl groups is 1. The van der Waals surface area contributed by atoms with Crippen molar-refractivity contribution in [1.29, 1.82) is 5.26 Å². The molecule has 0 saturated carbocycles. The van der Waals surface area contributed by atoms with Crippen LogP contribution in [0.2, 0.25) is 5.02 Å². The summed E-state index contributed by atoms with van der Waals surface area (Å²) in [5.74, 6) is 0. The van der Waals surface area contributed by atoms with Crippen molar-refractivity contribution in [1.82, 2.24) is 4.31 Å². The van der Waals surface area contributed by atoms with E-state index in [2.05, 4.69) is 0 Å². The lowest BCUT2D eigenvalue weighted by atomic mass is 10.2. The molecule has 1 N–H and O–H groups in total. The standard InChI is InChI=1S/C11H10ClF3N2O3S/c12-9-2-1-8(6-16)10(5-9)21(19,20)17(3-4-18)7-11(13,14)15/h1-2,5,18H,3-4,7H2. The average molecular weight is 343 g/mol. The Hall–Kier alpha value is -1.34. The maximum atomic E-state index is 12.5. The second-order valence-corrected chi connectivity index (χ2v) is 6.27. The van der Waals surface area contributed by atoms with Crippen molar-refractivity contribution in [3.05, 3.63) is 28.8 Å². The van der Waals surface area contributed by atoms with E-state index in [1.165, 1.54) is 6.07 Å². The van der Waals surface area contributed by atoms with E-state index in [1.807, 2.05) is 0 Å². The van der Waals surface area contributed by atoms with E-state index in [0.717, 1.165) is 12.1 Å². The molecule has 0 bridgehead atoms. The van der Waals surface area contributed by atoms with E-state index in [-0.39, 0.29) is 14.9 Å². The highest BCUT2D eigenvalue weighted by molar-refractivity contribution is 7.89. The number of hydrogen-bond acceptors (Lipinski definition) is 4. The first-order chi connectivity index (χ1) is 9.61. The van der Waals surface area contributed by atoms with Crippen LogP contribution in [0.5, 0.6) is 0 Å². The Balaban J connectivity index is 3.36. The van der Waals surface area contributed by atoms with Gasteiger partial charge in [0, 0.05) is 11.6 Å². The van der Waals surface area contributed by atoms with Crippen molar-refractivity contribution in [2.45, 2.75) is 11.1 Å². The number of nitriles is 1. The Labute approximate surface area is 124 Å². The topological polar surface area (TPSA) is 81.4 Å². The molecule has 0 aliphatic carbocycles. The Kier molecular flexibility index (Phi) is 5.58. The van der Waals surface area contributed by atoms with Gasteiger partial charge in [0.1, 0.15) is 17.5 Å². The molecule has 0 heterocycles. The Morgan fingerprint density at radius 2 is 2.00 bits per heavy atom. The lowest BCUT2D eigenvalue weighted by Gasteiger charge is -2.23. The van der Waals surface area contributed by atoms with Crippen LogP contribution in [-0.4, -0.2) is 43.7 Å². The SMILES string of the molecule is N#Cc1ccc(Cl)cc1S(=O)(=O)N(CCO)CC(F)(F)F. The Morgan fingerprint density at radius 3 is 2.48 bits per heavy atom. The van der Waals surface area contributed by atoms with Gasteiger partial charge in [-0.1, -0.05) is 11.6 Å². The van der Waals surface area contributed by atoms with Crippen LogP contribution in [0.15, 0.2) is 23.1 Å². The van der Waals surface area contributed by atoms with Gasteiger partial charge in [0.2, 0.25) is 10.0 Å². The van der Waals surface area contributed by atoms with E-state index in [4.69, 9.17) is 22.0 Å². The smallest absolute Gasteiger partial charge is 0.395 e. The van der Waals surface area contributed by atoms with Crippen molar-refractivity contribution in [2.75, 3.05) is 19.7 Å². The van der Waals surface area contributed by atoms with Crippen LogP contribution in [-0.2, 0) is 10.0 Å². The molecule has 0 fully saturated rings. The fraction of sp³-hybridized carbons (Fsp3) is 0.364. The largest absolute Gasteiger partial charge is 0.402 e. The van der Waals surface area contributed by atoms with Crippen LogP contribution in [0.3, 0.4) is 0 Å².